The smallest absolute Gasteiger partial charge is 0.116 e. The Labute approximate surface area is 99.3 Å². The van der Waals surface area contributed by atoms with Crippen LogP contribution < -0.4 is 5.73 Å². The number of benzene rings is 1. The van der Waals surface area contributed by atoms with Crippen LogP contribution in [-0.2, 0) is 6.42 Å². The first kappa shape index (κ1) is 11.3. The van der Waals surface area contributed by atoms with Crippen molar-refractivity contribution in [1.29, 1.82) is 0 Å². The van der Waals surface area contributed by atoms with Gasteiger partial charge in [-0.25, -0.2) is 0 Å². The van der Waals surface area contributed by atoms with Crippen LogP contribution in [0.4, 0.5) is 0 Å². The number of hydrogen-bond donors (Lipinski definition) is 3. The number of hydrogen-bond acceptors (Lipinski definition) is 2. The summed E-state index contributed by atoms with van der Waals surface area (Å²) in [5.74, 6) is 0.297. The standard InChI is InChI=1S/C10H12N2O.HI/c11-4-3-7-6-12-10-2-1-8(13)5-9(7)10;/h1-2,5-6,12-13H,3-4,11H2;1H. The fourth-order valence-electron chi connectivity index (χ4n) is 1.53. The predicted octanol–water partition coefficient (Wildman–Crippen LogP) is 1.99. The molecule has 3 nitrogen and oxygen atoms in total. The minimum atomic E-state index is 0. The lowest BCUT2D eigenvalue weighted by molar-refractivity contribution is 0.476. The third kappa shape index (κ3) is 2.01. The molecule has 0 atom stereocenters. The van der Waals surface area contributed by atoms with Crippen molar-refractivity contribution in [2.45, 2.75) is 6.42 Å². The molecule has 0 amide bonds. The van der Waals surface area contributed by atoms with Crippen molar-refractivity contribution in [3.8, 4) is 5.75 Å². The van der Waals surface area contributed by atoms with Crippen LogP contribution in [0.25, 0.3) is 10.9 Å². The van der Waals surface area contributed by atoms with Crippen LogP contribution >= 0.6 is 24.0 Å². The van der Waals surface area contributed by atoms with E-state index in [4.69, 9.17) is 5.73 Å². The number of nitrogens with two attached hydrogens (primary N) is 1. The maximum Gasteiger partial charge on any atom is 0.116 e. The number of H-pyrrole nitrogens is 1. The molecule has 0 aliphatic heterocycles. The van der Waals surface area contributed by atoms with Crippen LogP contribution in [0.1, 0.15) is 5.56 Å². The maximum absolute atomic E-state index is 9.30. The van der Waals surface area contributed by atoms with Gasteiger partial charge in [0.05, 0.1) is 0 Å². The molecule has 0 unspecified atom stereocenters. The van der Waals surface area contributed by atoms with Crippen molar-refractivity contribution in [2.75, 3.05) is 6.54 Å². The molecule has 0 aliphatic carbocycles. The molecule has 0 aliphatic rings. The Morgan fingerprint density at radius 2 is 2.14 bits per heavy atom. The Kier molecular flexibility index (Phi) is 3.77. The second kappa shape index (κ2) is 4.65. The molecule has 0 saturated heterocycles. The van der Waals surface area contributed by atoms with Gasteiger partial charge >= 0.3 is 0 Å². The molecule has 4 heteroatoms. The van der Waals surface area contributed by atoms with Crippen molar-refractivity contribution >= 4 is 34.9 Å². The van der Waals surface area contributed by atoms with Gasteiger partial charge in [0.1, 0.15) is 5.75 Å². The van der Waals surface area contributed by atoms with E-state index < -0.39 is 0 Å². The number of phenols is 1. The molecule has 1 aromatic carbocycles. The molecule has 1 heterocycles. The zero-order valence-electron chi connectivity index (χ0n) is 7.66. The molecule has 2 aromatic rings. The zero-order chi connectivity index (χ0) is 9.26. The summed E-state index contributed by atoms with van der Waals surface area (Å²) in [5, 5.41) is 10.4. The molecular formula is C10H13IN2O. The van der Waals surface area contributed by atoms with E-state index in [1.807, 2.05) is 12.3 Å². The molecule has 1 aromatic heterocycles. The first-order chi connectivity index (χ1) is 6.31. The normalized spacial score (nSPS) is 10.1. The van der Waals surface area contributed by atoms with Crippen LogP contribution in [0, 0.1) is 0 Å². The monoisotopic (exact) mass is 304 g/mol. The largest absolute Gasteiger partial charge is 0.508 e. The quantitative estimate of drug-likeness (QED) is 0.743. The highest BCUT2D eigenvalue weighted by atomic mass is 127. The molecule has 0 radical (unpaired) electrons. The summed E-state index contributed by atoms with van der Waals surface area (Å²) >= 11 is 0. The number of aromatic nitrogens is 1. The van der Waals surface area contributed by atoms with Crippen molar-refractivity contribution in [1.82, 2.24) is 4.98 Å². The van der Waals surface area contributed by atoms with Crippen molar-refractivity contribution in [2.24, 2.45) is 5.73 Å². The number of phenolic OH excluding ortho intramolecular Hbond substituents is 1. The molecule has 76 valence electrons. The van der Waals surface area contributed by atoms with E-state index in [1.165, 1.54) is 0 Å². The van der Waals surface area contributed by atoms with E-state index in [2.05, 4.69) is 4.98 Å². The summed E-state index contributed by atoms with van der Waals surface area (Å²) in [5.41, 5.74) is 7.68. The van der Waals surface area contributed by atoms with Crippen molar-refractivity contribution in [3.05, 3.63) is 30.0 Å². The topological polar surface area (TPSA) is 62.0 Å². The lowest BCUT2D eigenvalue weighted by atomic mass is 10.1. The highest BCUT2D eigenvalue weighted by Crippen LogP contribution is 2.22. The average Bonchev–Trinajstić information content (AvgIpc) is 2.49. The highest BCUT2D eigenvalue weighted by Gasteiger charge is 2.02. The van der Waals surface area contributed by atoms with Gasteiger partial charge in [-0.05, 0) is 36.7 Å². The van der Waals surface area contributed by atoms with Gasteiger partial charge in [0, 0.05) is 17.1 Å². The van der Waals surface area contributed by atoms with Gasteiger partial charge < -0.3 is 15.8 Å². The SMILES string of the molecule is I.NCCc1c[nH]c2ccc(O)cc12. The Morgan fingerprint density at radius 3 is 2.86 bits per heavy atom. The average molecular weight is 304 g/mol. The maximum atomic E-state index is 9.30. The van der Waals surface area contributed by atoms with E-state index in [9.17, 15) is 5.11 Å². The van der Waals surface area contributed by atoms with E-state index in [1.54, 1.807) is 12.1 Å². The Morgan fingerprint density at radius 1 is 1.36 bits per heavy atom. The third-order valence-corrected chi connectivity index (χ3v) is 2.16. The molecule has 2 rings (SSSR count). The van der Waals surface area contributed by atoms with E-state index in [-0.39, 0.29) is 24.0 Å². The summed E-state index contributed by atoms with van der Waals surface area (Å²) in [4.78, 5) is 3.13. The second-order valence-corrected chi connectivity index (χ2v) is 3.08. The van der Waals surface area contributed by atoms with E-state index in [0.717, 1.165) is 22.9 Å². The molecule has 0 bridgehead atoms. The first-order valence-electron chi connectivity index (χ1n) is 4.30. The number of aromatic hydroxyl groups is 1. The van der Waals surface area contributed by atoms with Gasteiger partial charge in [-0.15, -0.1) is 24.0 Å². The Balaban J connectivity index is 0.000000980. The summed E-state index contributed by atoms with van der Waals surface area (Å²) in [6.07, 6.45) is 2.78. The van der Waals surface area contributed by atoms with E-state index >= 15 is 0 Å². The second-order valence-electron chi connectivity index (χ2n) is 3.08. The lowest BCUT2D eigenvalue weighted by Crippen LogP contribution is -2.01. The number of fused-ring (bicyclic) bond motifs is 1. The number of aromatic amines is 1. The fourth-order valence-corrected chi connectivity index (χ4v) is 1.53. The van der Waals surface area contributed by atoms with Crippen LogP contribution in [0.3, 0.4) is 0 Å². The minimum Gasteiger partial charge on any atom is -0.508 e. The Hall–Kier alpha value is -0.750. The highest BCUT2D eigenvalue weighted by molar-refractivity contribution is 14.0. The number of rotatable bonds is 2. The third-order valence-electron chi connectivity index (χ3n) is 2.16. The van der Waals surface area contributed by atoms with Crippen LogP contribution in [0.5, 0.6) is 5.75 Å². The predicted molar refractivity (Wildman–Crippen MR) is 68.1 cm³/mol. The van der Waals surface area contributed by atoms with Crippen molar-refractivity contribution < 1.29 is 5.11 Å². The van der Waals surface area contributed by atoms with Gasteiger partial charge in [0.2, 0.25) is 0 Å². The van der Waals surface area contributed by atoms with Gasteiger partial charge in [0.25, 0.3) is 0 Å². The fraction of sp³-hybridized carbons (Fsp3) is 0.200. The van der Waals surface area contributed by atoms with Gasteiger partial charge in [-0.2, -0.15) is 0 Å². The summed E-state index contributed by atoms with van der Waals surface area (Å²) < 4.78 is 0. The summed E-state index contributed by atoms with van der Waals surface area (Å²) in [6, 6.07) is 5.30. The molecule has 14 heavy (non-hydrogen) atoms. The number of nitrogens with one attached hydrogen (secondary N) is 1. The van der Waals surface area contributed by atoms with Gasteiger partial charge in [-0.3, -0.25) is 0 Å². The summed E-state index contributed by atoms with van der Waals surface area (Å²) in [6.45, 7) is 0.628. The Bertz CT molecular complexity index is 425. The minimum absolute atomic E-state index is 0. The van der Waals surface area contributed by atoms with Gasteiger partial charge in [0.15, 0.2) is 0 Å². The first-order valence-corrected chi connectivity index (χ1v) is 4.30. The zero-order valence-corrected chi connectivity index (χ0v) is 9.99. The van der Waals surface area contributed by atoms with Crippen LogP contribution in [0.15, 0.2) is 24.4 Å². The molecular weight excluding hydrogens is 291 g/mol. The van der Waals surface area contributed by atoms with Crippen LogP contribution in [-0.4, -0.2) is 16.6 Å². The number of halogens is 1. The molecule has 4 N–H and O–H groups in total. The summed E-state index contributed by atoms with van der Waals surface area (Å²) in [7, 11) is 0. The molecule has 0 fully saturated rings. The van der Waals surface area contributed by atoms with Gasteiger partial charge in [-0.1, -0.05) is 0 Å². The van der Waals surface area contributed by atoms with Crippen molar-refractivity contribution in [3.63, 3.8) is 0 Å². The molecule has 0 spiro atoms. The van der Waals surface area contributed by atoms with Crippen LogP contribution in [0.2, 0.25) is 0 Å². The molecule has 0 saturated carbocycles. The van der Waals surface area contributed by atoms with E-state index in [0.29, 0.717) is 12.3 Å². The lowest BCUT2D eigenvalue weighted by Gasteiger charge is -1.96.